The minimum absolute atomic E-state index is 0.942. The Morgan fingerprint density at radius 1 is 0.339 bits per heavy atom. The van der Waals surface area contributed by atoms with E-state index in [2.05, 4.69) is 234 Å². The third-order valence-electron chi connectivity index (χ3n) is 12.6. The Bertz CT molecular complexity index is 3440. The average Bonchev–Trinajstić information content (AvgIpc) is 3.87. The summed E-state index contributed by atoms with van der Waals surface area (Å²) in [7, 11) is 0. The van der Waals surface area contributed by atoms with Crippen molar-refractivity contribution < 1.29 is 0 Å². The monoisotopic (exact) mass is 791 g/mol. The lowest BCUT2D eigenvalue weighted by molar-refractivity contribution is 0.888. The van der Waals surface area contributed by atoms with E-state index in [4.69, 9.17) is 4.98 Å². The fourth-order valence-corrected chi connectivity index (χ4v) is 9.61. The maximum atomic E-state index is 5.38. The molecule has 0 bridgehead atoms. The molecule has 0 amide bonds. The number of rotatable bonds is 7. The van der Waals surface area contributed by atoms with E-state index < -0.39 is 0 Å². The van der Waals surface area contributed by atoms with Crippen LogP contribution >= 0.6 is 0 Å². The average molecular weight is 792 g/mol. The zero-order valence-electron chi connectivity index (χ0n) is 34.1. The van der Waals surface area contributed by atoms with Crippen molar-refractivity contribution >= 4 is 38.8 Å². The van der Waals surface area contributed by atoms with Crippen LogP contribution in [0.4, 0.5) is 0 Å². The van der Waals surface area contributed by atoms with Crippen molar-refractivity contribution in [3.05, 3.63) is 230 Å². The summed E-state index contributed by atoms with van der Waals surface area (Å²) in [5, 5.41) is 3.85. The molecule has 1 aliphatic rings. The van der Waals surface area contributed by atoms with Gasteiger partial charge < -0.3 is 9.13 Å². The number of hydrogen-bond donors (Lipinski definition) is 0. The van der Waals surface area contributed by atoms with E-state index in [9.17, 15) is 0 Å². The first-order valence-electron chi connectivity index (χ1n) is 21.5. The van der Waals surface area contributed by atoms with Gasteiger partial charge in [0.2, 0.25) is 0 Å². The van der Waals surface area contributed by atoms with Crippen molar-refractivity contribution in [1.29, 1.82) is 0 Å². The molecule has 3 heterocycles. The van der Waals surface area contributed by atoms with E-state index in [1.165, 1.54) is 55.2 Å². The summed E-state index contributed by atoms with van der Waals surface area (Å²) in [6, 6.07) is 76.8. The quantitative estimate of drug-likeness (QED) is 0.158. The van der Waals surface area contributed by atoms with Gasteiger partial charge in [-0.15, -0.1) is 0 Å². The second kappa shape index (κ2) is 14.9. The number of nitrogens with zero attached hydrogens (tertiary/aromatic N) is 3. The molecule has 0 N–H and O–H groups in total. The molecule has 12 rings (SSSR count). The smallest absolute Gasteiger partial charge is 0.0715 e. The highest BCUT2D eigenvalue weighted by molar-refractivity contribution is 6.09. The second-order valence-electron chi connectivity index (χ2n) is 16.3. The molecule has 1 aliphatic carbocycles. The minimum atomic E-state index is 0.942. The van der Waals surface area contributed by atoms with Gasteiger partial charge in [0, 0.05) is 49.9 Å². The summed E-state index contributed by atoms with van der Waals surface area (Å²) in [5.74, 6) is 0. The summed E-state index contributed by atoms with van der Waals surface area (Å²) in [5.41, 5.74) is 19.8. The number of allylic oxidation sites excluding steroid dienone is 1. The molecular formula is C59H41N3. The van der Waals surface area contributed by atoms with Gasteiger partial charge in [0.05, 0.1) is 27.9 Å². The molecule has 0 unspecified atom stereocenters. The van der Waals surface area contributed by atoms with E-state index in [1.54, 1.807) is 0 Å². The molecule has 0 saturated heterocycles. The van der Waals surface area contributed by atoms with Crippen molar-refractivity contribution in [3.8, 4) is 67.3 Å². The summed E-state index contributed by atoms with van der Waals surface area (Å²) in [6.07, 6.45) is 6.71. The summed E-state index contributed by atoms with van der Waals surface area (Å²) in [6.45, 7) is 0. The first kappa shape index (κ1) is 35.9. The highest BCUT2D eigenvalue weighted by Crippen LogP contribution is 2.37. The molecule has 11 aromatic rings. The lowest BCUT2D eigenvalue weighted by Gasteiger charge is -2.14. The maximum absolute atomic E-state index is 5.38. The Hall–Kier alpha value is -8.01. The normalized spacial score (nSPS) is 12.3. The Morgan fingerprint density at radius 2 is 0.790 bits per heavy atom. The molecule has 62 heavy (non-hydrogen) atoms. The fraction of sp³-hybridized carbons (Fsp3) is 0.0339. The van der Waals surface area contributed by atoms with Crippen molar-refractivity contribution in [2.24, 2.45) is 0 Å². The number of fused-ring (bicyclic) bond motifs is 6. The van der Waals surface area contributed by atoms with Gasteiger partial charge in [0.25, 0.3) is 0 Å². The van der Waals surface area contributed by atoms with Gasteiger partial charge in [0.15, 0.2) is 0 Å². The van der Waals surface area contributed by atoms with Crippen LogP contribution in [0, 0.1) is 0 Å². The van der Waals surface area contributed by atoms with Crippen molar-refractivity contribution in [2.45, 2.75) is 12.8 Å². The largest absolute Gasteiger partial charge is 0.313 e. The second-order valence-corrected chi connectivity index (χ2v) is 16.3. The minimum Gasteiger partial charge on any atom is -0.313 e. The fourth-order valence-electron chi connectivity index (χ4n) is 9.61. The highest BCUT2D eigenvalue weighted by Gasteiger charge is 2.19. The standard InChI is InChI=1S/C59H41N3/c1-2-14-40(15-3-1)47-38-54(45-18-12-16-43(36-45)41-28-32-48(33-29-41)61-56-24-8-4-20-50(56)51-21-5-9-25-57(51)61)60-55(39-47)46-19-13-17-44(37-46)42-30-34-49(35-31-42)62-58-26-10-6-22-52(58)53-23-7-11-27-59(53)62/h1-10,12-26,28-39H,11,27H2. The molecule has 0 saturated carbocycles. The van der Waals surface area contributed by atoms with E-state index in [0.717, 1.165) is 68.9 Å². The zero-order chi connectivity index (χ0) is 41.0. The molecular weight excluding hydrogens is 751 g/mol. The topological polar surface area (TPSA) is 22.8 Å². The molecule has 0 spiro atoms. The Labute approximate surface area is 361 Å². The van der Waals surface area contributed by atoms with E-state index >= 15 is 0 Å². The predicted octanol–water partition coefficient (Wildman–Crippen LogP) is 15.4. The van der Waals surface area contributed by atoms with Crippen LogP contribution in [-0.2, 0) is 6.42 Å². The van der Waals surface area contributed by atoms with Crippen LogP contribution < -0.4 is 0 Å². The molecule has 3 aromatic heterocycles. The molecule has 8 aromatic carbocycles. The number of pyridine rings is 1. The first-order valence-corrected chi connectivity index (χ1v) is 21.5. The zero-order valence-corrected chi connectivity index (χ0v) is 34.1. The van der Waals surface area contributed by atoms with Crippen LogP contribution in [-0.4, -0.2) is 14.1 Å². The number of aromatic nitrogens is 3. The van der Waals surface area contributed by atoms with Crippen LogP contribution in [0.5, 0.6) is 0 Å². The summed E-state index contributed by atoms with van der Waals surface area (Å²) >= 11 is 0. The van der Waals surface area contributed by atoms with Crippen molar-refractivity contribution in [2.75, 3.05) is 0 Å². The van der Waals surface area contributed by atoms with E-state index in [0.29, 0.717) is 0 Å². The Morgan fingerprint density at radius 3 is 1.37 bits per heavy atom. The molecule has 292 valence electrons. The van der Waals surface area contributed by atoms with Crippen LogP contribution in [0.1, 0.15) is 17.7 Å². The SMILES string of the molecule is C1=Cc2c(n(-c3ccc(-c4cccc(-c5cc(-c6ccccc6)cc(-c6cccc(-c7ccc(-n8c9ccccc9c9ccccc98)cc7)c6)n5)c4)cc3)c3ccccc23)CC1. The predicted molar refractivity (Wildman–Crippen MR) is 260 cm³/mol. The van der Waals surface area contributed by atoms with Gasteiger partial charge in [-0.05, 0) is 113 Å². The highest BCUT2D eigenvalue weighted by atomic mass is 15.0. The van der Waals surface area contributed by atoms with Gasteiger partial charge in [-0.3, -0.25) is 0 Å². The van der Waals surface area contributed by atoms with Gasteiger partial charge in [-0.25, -0.2) is 4.98 Å². The van der Waals surface area contributed by atoms with E-state index in [1.807, 2.05) is 0 Å². The molecule has 3 nitrogen and oxygen atoms in total. The van der Waals surface area contributed by atoms with Gasteiger partial charge in [0.1, 0.15) is 0 Å². The lowest BCUT2D eigenvalue weighted by atomic mass is 9.96. The van der Waals surface area contributed by atoms with Crippen molar-refractivity contribution in [1.82, 2.24) is 14.1 Å². The maximum Gasteiger partial charge on any atom is 0.0715 e. The summed E-state index contributed by atoms with van der Waals surface area (Å²) in [4.78, 5) is 5.38. The third-order valence-corrected chi connectivity index (χ3v) is 12.6. The van der Waals surface area contributed by atoms with Gasteiger partial charge in [-0.1, -0.05) is 158 Å². The number of benzene rings is 8. The summed E-state index contributed by atoms with van der Waals surface area (Å²) < 4.78 is 4.82. The Balaban J connectivity index is 0.892. The lowest BCUT2D eigenvalue weighted by Crippen LogP contribution is -2.02. The van der Waals surface area contributed by atoms with Gasteiger partial charge in [-0.2, -0.15) is 0 Å². The molecule has 0 aliphatic heterocycles. The van der Waals surface area contributed by atoms with E-state index in [-0.39, 0.29) is 0 Å². The number of para-hydroxylation sites is 3. The van der Waals surface area contributed by atoms with Crippen molar-refractivity contribution in [3.63, 3.8) is 0 Å². The third kappa shape index (κ3) is 6.17. The molecule has 0 radical (unpaired) electrons. The number of hydrogen-bond acceptors (Lipinski definition) is 1. The van der Waals surface area contributed by atoms with Gasteiger partial charge >= 0.3 is 0 Å². The Kier molecular flexibility index (Phi) is 8.64. The van der Waals surface area contributed by atoms with Crippen LogP contribution in [0.25, 0.3) is 106 Å². The van der Waals surface area contributed by atoms with Crippen LogP contribution in [0.3, 0.4) is 0 Å². The van der Waals surface area contributed by atoms with Crippen LogP contribution in [0.2, 0.25) is 0 Å². The first-order chi connectivity index (χ1) is 30.7. The molecule has 0 fully saturated rings. The molecule has 0 atom stereocenters. The molecule has 3 heteroatoms. The van der Waals surface area contributed by atoms with Crippen LogP contribution in [0.15, 0.2) is 218 Å².